The Labute approximate surface area is 122 Å². The number of nitrogens with zero attached hydrogens (tertiary/aromatic N) is 3. The van der Waals surface area contributed by atoms with Crippen LogP contribution in [-0.2, 0) is 13.0 Å². The highest BCUT2D eigenvalue weighted by Crippen LogP contribution is 2.15. The molecule has 0 saturated heterocycles. The Hall–Kier alpha value is -1.88. The normalized spacial score (nSPS) is 10.5. The van der Waals surface area contributed by atoms with Crippen LogP contribution in [0, 0.1) is 0 Å². The van der Waals surface area contributed by atoms with Gasteiger partial charge in [-0.15, -0.1) is 0 Å². The minimum Gasteiger partial charge on any atom is -0.382 e. The molecule has 0 bridgehead atoms. The predicted molar refractivity (Wildman–Crippen MR) is 80.2 cm³/mol. The van der Waals surface area contributed by atoms with Crippen molar-refractivity contribution < 1.29 is 0 Å². The van der Waals surface area contributed by atoms with Crippen LogP contribution < -0.4 is 10.9 Å². The first-order valence-corrected chi connectivity index (χ1v) is 6.99. The molecule has 1 N–H and O–H groups in total. The van der Waals surface area contributed by atoms with E-state index >= 15 is 0 Å². The van der Waals surface area contributed by atoms with Crippen molar-refractivity contribution >= 4 is 17.3 Å². The van der Waals surface area contributed by atoms with E-state index in [0.29, 0.717) is 18.8 Å². The van der Waals surface area contributed by atoms with Crippen LogP contribution in [0.4, 0.5) is 5.69 Å². The summed E-state index contributed by atoms with van der Waals surface area (Å²) >= 11 is 6.06. The maximum Gasteiger partial charge on any atom is 0.287 e. The summed E-state index contributed by atoms with van der Waals surface area (Å²) in [6, 6.07) is 5.79. The molecule has 20 heavy (non-hydrogen) atoms. The molecule has 6 heteroatoms. The number of hydrogen-bond acceptors (Lipinski definition) is 4. The number of hydrogen-bond donors (Lipinski definition) is 1. The molecule has 0 atom stereocenters. The second-order valence-corrected chi connectivity index (χ2v) is 4.78. The highest BCUT2D eigenvalue weighted by molar-refractivity contribution is 6.32. The Bertz CT molecular complexity index is 612. The summed E-state index contributed by atoms with van der Waals surface area (Å²) in [4.78, 5) is 16.2. The highest BCUT2D eigenvalue weighted by atomic mass is 35.5. The topological polar surface area (TPSA) is 59.8 Å². The minimum absolute atomic E-state index is 0.189. The SMILES string of the molecule is CCCn1ncc(NCCc2ccccn2)c(Cl)c1=O. The van der Waals surface area contributed by atoms with E-state index in [1.165, 1.54) is 4.68 Å². The molecular formula is C14H17ClN4O. The average Bonchev–Trinajstić information content (AvgIpc) is 2.48. The summed E-state index contributed by atoms with van der Waals surface area (Å²) in [6.07, 6.45) is 4.96. The van der Waals surface area contributed by atoms with Crippen LogP contribution in [0.1, 0.15) is 19.0 Å². The molecule has 2 rings (SSSR count). The Balaban J connectivity index is 2.00. The van der Waals surface area contributed by atoms with Crippen LogP contribution in [0.3, 0.4) is 0 Å². The maximum atomic E-state index is 11.9. The lowest BCUT2D eigenvalue weighted by atomic mass is 10.2. The number of halogens is 1. The van der Waals surface area contributed by atoms with Gasteiger partial charge in [-0.1, -0.05) is 24.6 Å². The van der Waals surface area contributed by atoms with Crippen LogP contribution in [-0.4, -0.2) is 21.3 Å². The quantitative estimate of drug-likeness (QED) is 0.888. The molecule has 106 valence electrons. The number of anilines is 1. The van der Waals surface area contributed by atoms with E-state index in [1.54, 1.807) is 12.4 Å². The molecule has 0 aliphatic rings. The van der Waals surface area contributed by atoms with Crippen molar-refractivity contribution in [2.45, 2.75) is 26.3 Å². The van der Waals surface area contributed by atoms with Gasteiger partial charge in [0.25, 0.3) is 5.56 Å². The lowest BCUT2D eigenvalue weighted by Gasteiger charge is -2.09. The van der Waals surface area contributed by atoms with Gasteiger partial charge in [0, 0.05) is 31.4 Å². The van der Waals surface area contributed by atoms with Gasteiger partial charge in [0.15, 0.2) is 0 Å². The molecule has 2 aromatic rings. The molecular weight excluding hydrogens is 276 g/mol. The summed E-state index contributed by atoms with van der Waals surface area (Å²) in [5.74, 6) is 0. The molecule has 0 aromatic carbocycles. The number of pyridine rings is 1. The van der Waals surface area contributed by atoms with Gasteiger partial charge in [0.2, 0.25) is 0 Å². The average molecular weight is 293 g/mol. The van der Waals surface area contributed by atoms with Gasteiger partial charge >= 0.3 is 0 Å². The molecule has 2 aromatic heterocycles. The van der Waals surface area contributed by atoms with Crippen molar-refractivity contribution in [2.24, 2.45) is 0 Å². The maximum absolute atomic E-state index is 11.9. The van der Waals surface area contributed by atoms with Crippen molar-refractivity contribution in [3.8, 4) is 0 Å². The zero-order valence-electron chi connectivity index (χ0n) is 11.3. The largest absolute Gasteiger partial charge is 0.382 e. The smallest absolute Gasteiger partial charge is 0.287 e. The van der Waals surface area contributed by atoms with Gasteiger partial charge in [0.05, 0.1) is 11.9 Å². The lowest BCUT2D eigenvalue weighted by molar-refractivity contribution is 0.568. The summed E-state index contributed by atoms with van der Waals surface area (Å²) < 4.78 is 1.38. The number of aryl methyl sites for hydroxylation is 1. The van der Waals surface area contributed by atoms with Crippen molar-refractivity contribution in [1.29, 1.82) is 0 Å². The van der Waals surface area contributed by atoms with Gasteiger partial charge in [-0.3, -0.25) is 9.78 Å². The fourth-order valence-corrected chi connectivity index (χ4v) is 2.04. The Kier molecular flexibility index (Phi) is 5.12. The third-order valence-corrected chi connectivity index (χ3v) is 3.21. The standard InChI is InChI=1S/C14H17ClN4O/c1-2-9-19-14(20)13(15)12(10-18-19)17-8-6-11-5-3-4-7-16-11/h3-5,7,10,17H,2,6,8-9H2,1H3. The fraction of sp³-hybridized carbons (Fsp3) is 0.357. The number of aromatic nitrogens is 3. The minimum atomic E-state index is -0.253. The molecule has 2 heterocycles. The third-order valence-electron chi connectivity index (χ3n) is 2.84. The van der Waals surface area contributed by atoms with Gasteiger partial charge in [-0.25, -0.2) is 4.68 Å². The van der Waals surface area contributed by atoms with E-state index in [9.17, 15) is 4.79 Å². The van der Waals surface area contributed by atoms with E-state index in [0.717, 1.165) is 18.5 Å². The Morgan fingerprint density at radius 1 is 1.40 bits per heavy atom. The Morgan fingerprint density at radius 3 is 2.95 bits per heavy atom. The van der Waals surface area contributed by atoms with E-state index in [4.69, 9.17) is 11.6 Å². The van der Waals surface area contributed by atoms with Gasteiger partial charge < -0.3 is 5.32 Å². The second kappa shape index (κ2) is 7.05. The number of nitrogens with one attached hydrogen (secondary N) is 1. The third kappa shape index (κ3) is 3.57. The first-order valence-electron chi connectivity index (χ1n) is 6.61. The molecule has 0 unspecified atom stereocenters. The van der Waals surface area contributed by atoms with Crippen LogP contribution in [0.25, 0.3) is 0 Å². The predicted octanol–water partition coefficient (Wildman–Crippen LogP) is 2.36. The lowest BCUT2D eigenvalue weighted by Crippen LogP contribution is -2.24. The molecule has 0 aliphatic heterocycles. The van der Waals surface area contributed by atoms with E-state index in [2.05, 4.69) is 15.4 Å². The first kappa shape index (κ1) is 14.5. The molecule has 0 radical (unpaired) electrons. The zero-order valence-corrected chi connectivity index (χ0v) is 12.1. The summed E-state index contributed by atoms with van der Waals surface area (Å²) in [5.41, 5.74) is 1.31. The van der Waals surface area contributed by atoms with Crippen molar-refractivity contribution in [2.75, 3.05) is 11.9 Å². The first-order chi connectivity index (χ1) is 9.72. The molecule has 0 saturated carbocycles. The van der Waals surface area contributed by atoms with Crippen molar-refractivity contribution in [3.05, 3.63) is 51.7 Å². The van der Waals surface area contributed by atoms with Gasteiger partial charge in [-0.2, -0.15) is 5.10 Å². The van der Waals surface area contributed by atoms with Gasteiger partial charge in [-0.05, 0) is 18.6 Å². The van der Waals surface area contributed by atoms with Crippen LogP contribution >= 0.6 is 11.6 Å². The van der Waals surface area contributed by atoms with Crippen LogP contribution in [0.5, 0.6) is 0 Å². The van der Waals surface area contributed by atoms with Crippen molar-refractivity contribution in [3.63, 3.8) is 0 Å². The van der Waals surface area contributed by atoms with E-state index in [-0.39, 0.29) is 10.6 Å². The fourth-order valence-electron chi connectivity index (χ4n) is 1.83. The molecule has 0 amide bonds. The summed E-state index contributed by atoms with van der Waals surface area (Å²) in [5, 5.41) is 7.41. The van der Waals surface area contributed by atoms with Crippen molar-refractivity contribution in [1.82, 2.24) is 14.8 Å². The summed E-state index contributed by atoms with van der Waals surface area (Å²) in [7, 11) is 0. The molecule has 5 nitrogen and oxygen atoms in total. The molecule has 0 aliphatic carbocycles. The van der Waals surface area contributed by atoms with Crippen LogP contribution in [0.2, 0.25) is 5.02 Å². The molecule has 0 spiro atoms. The summed E-state index contributed by atoms with van der Waals surface area (Å²) in [6.45, 7) is 3.21. The Morgan fingerprint density at radius 2 is 2.25 bits per heavy atom. The van der Waals surface area contributed by atoms with Crippen LogP contribution in [0.15, 0.2) is 35.4 Å². The van der Waals surface area contributed by atoms with E-state index < -0.39 is 0 Å². The zero-order chi connectivity index (χ0) is 14.4. The molecule has 0 fully saturated rings. The second-order valence-electron chi connectivity index (χ2n) is 4.40. The van der Waals surface area contributed by atoms with E-state index in [1.807, 2.05) is 25.1 Å². The highest BCUT2D eigenvalue weighted by Gasteiger charge is 2.08. The monoisotopic (exact) mass is 292 g/mol. The van der Waals surface area contributed by atoms with Gasteiger partial charge in [0.1, 0.15) is 5.02 Å². The number of rotatable bonds is 6.